The summed E-state index contributed by atoms with van der Waals surface area (Å²) >= 11 is 0. The maximum absolute atomic E-state index is 11.8. The molecule has 0 aliphatic rings. The van der Waals surface area contributed by atoms with Crippen molar-refractivity contribution in [2.45, 2.75) is 4.90 Å². The Morgan fingerprint density at radius 2 is 1.26 bits per heavy atom. The molecule has 0 spiro atoms. The molecule has 0 bridgehead atoms. The molecule has 5 heteroatoms. The molecule has 1 atom stereocenters. The second-order valence-electron chi connectivity index (χ2n) is 5.11. The molecule has 0 aliphatic carbocycles. The van der Waals surface area contributed by atoms with Crippen molar-refractivity contribution in [2.75, 3.05) is 0 Å². The van der Waals surface area contributed by atoms with E-state index in [1.807, 2.05) is 60.7 Å². The summed E-state index contributed by atoms with van der Waals surface area (Å²) < 4.78 is 33.1. The van der Waals surface area contributed by atoms with Crippen LogP contribution in [-0.2, 0) is 10.1 Å². The SMILES string of the molecule is O=S(=O)(O)c1ccc(-c2ccccc2)c(P)c1-c1ccccc1. The molecule has 23 heavy (non-hydrogen) atoms. The van der Waals surface area contributed by atoms with Gasteiger partial charge in [0.1, 0.15) is 4.90 Å². The fraction of sp³-hybridized carbons (Fsp3) is 0. The van der Waals surface area contributed by atoms with Crippen LogP contribution in [0.15, 0.2) is 77.7 Å². The van der Waals surface area contributed by atoms with Gasteiger partial charge >= 0.3 is 0 Å². The third-order valence-electron chi connectivity index (χ3n) is 3.63. The number of hydrogen-bond acceptors (Lipinski definition) is 2. The van der Waals surface area contributed by atoms with Gasteiger partial charge in [-0.3, -0.25) is 4.55 Å². The standard InChI is InChI=1S/C18H15O3PS/c19-23(20,21)16-12-11-15(13-7-3-1-4-8-13)18(22)17(16)14-9-5-2-6-10-14/h1-12H,22H2,(H,19,20,21). The first-order valence-electron chi connectivity index (χ1n) is 6.99. The normalized spacial score (nSPS) is 11.4. The van der Waals surface area contributed by atoms with Gasteiger partial charge < -0.3 is 0 Å². The van der Waals surface area contributed by atoms with E-state index >= 15 is 0 Å². The second-order valence-corrected chi connectivity index (χ2v) is 7.07. The summed E-state index contributed by atoms with van der Waals surface area (Å²) in [5.74, 6) is 0. The van der Waals surface area contributed by atoms with Crippen LogP contribution < -0.4 is 5.30 Å². The van der Waals surface area contributed by atoms with Gasteiger partial charge in [0.05, 0.1) is 0 Å². The van der Waals surface area contributed by atoms with Crippen molar-refractivity contribution < 1.29 is 13.0 Å². The summed E-state index contributed by atoms with van der Waals surface area (Å²) in [4.78, 5) is -0.0895. The Balaban J connectivity index is 2.34. The number of rotatable bonds is 3. The van der Waals surface area contributed by atoms with Gasteiger partial charge in [-0.2, -0.15) is 8.42 Å². The van der Waals surface area contributed by atoms with E-state index in [9.17, 15) is 13.0 Å². The van der Waals surface area contributed by atoms with E-state index in [1.54, 1.807) is 6.07 Å². The van der Waals surface area contributed by atoms with Crippen molar-refractivity contribution in [1.82, 2.24) is 0 Å². The smallest absolute Gasteiger partial charge is 0.282 e. The molecule has 3 rings (SSSR count). The van der Waals surface area contributed by atoms with Crippen molar-refractivity contribution in [1.29, 1.82) is 0 Å². The van der Waals surface area contributed by atoms with E-state index in [4.69, 9.17) is 0 Å². The third-order valence-corrected chi connectivity index (χ3v) is 5.13. The average Bonchev–Trinajstić information content (AvgIpc) is 2.55. The Morgan fingerprint density at radius 3 is 1.78 bits per heavy atom. The number of hydrogen-bond donors (Lipinski definition) is 1. The lowest BCUT2D eigenvalue weighted by molar-refractivity contribution is 0.483. The molecular weight excluding hydrogens is 327 g/mol. The van der Waals surface area contributed by atoms with E-state index in [0.29, 0.717) is 5.56 Å². The van der Waals surface area contributed by atoms with Crippen LogP contribution in [0, 0.1) is 0 Å². The highest BCUT2D eigenvalue weighted by Crippen LogP contribution is 2.32. The van der Waals surface area contributed by atoms with Crippen LogP contribution in [-0.4, -0.2) is 13.0 Å². The molecule has 116 valence electrons. The summed E-state index contributed by atoms with van der Waals surface area (Å²) in [7, 11) is -1.71. The quantitative estimate of drug-likeness (QED) is 0.582. The Kier molecular flexibility index (Phi) is 4.31. The molecule has 0 aliphatic heterocycles. The molecule has 1 N–H and O–H groups in total. The Hall–Kier alpha value is -2.00. The molecule has 0 amide bonds. The Morgan fingerprint density at radius 1 is 0.739 bits per heavy atom. The second kappa shape index (κ2) is 6.25. The molecule has 0 saturated heterocycles. The topological polar surface area (TPSA) is 54.4 Å². The molecule has 3 aromatic rings. The largest absolute Gasteiger partial charge is 0.295 e. The first kappa shape index (κ1) is 15.9. The van der Waals surface area contributed by atoms with Crippen molar-refractivity contribution in [3.8, 4) is 22.3 Å². The molecule has 1 unspecified atom stereocenters. The Labute approximate surface area is 138 Å². The van der Waals surface area contributed by atoms with E-state index in [0.717, 1.165) is 22.0 Å². The predicted octanol–water partition coefficient (Wildman–Crippen LogP) is 3.77. The lowest BCUT2D eigenvalue weighted by Crippen LogP contribution is -2.10. The van der Waals surface area contributed by atoms with Gasteiger partial charge in [0.25, 0.3) is 10.1 Å². The zero-order valence-electron chi connectivity index (χ0n) is 12.2. The van der Waals surface area contributed by atoms with E-state index < -0.39 is 10.1 Å². The minimum atomic E-state index is -4.32. The minimum Gasteiger partial charge on any atom is -0.282 e. The van der Waals surface area contributed by atoms with Crippen molar-refractivity contribution in [2.24, 2.45) is 0 Å². The van der Waals surface area contributed by atoms with E-state index in [1.165, 1.54) is 6.07 Å². The first-order chi connectivity index (χ1) is 11.0. The molecule has 3 nitrogen and oxygen atoms in total. The van der Waals surface area contributed by atoms with Gasteiger partial charge in [-0.15, -0.1) is 9.24 Å². The lowest BCUT2D eigenvalue weighted by Gasteiger charge is -2.15. The van der Waals surface area contributed by atoms with Crippen LogP contribution in [0.1, 0.15) is 0 Å². The average molecular weight is 342 g/mol. The van der Waals surface area contributed by atoms with Crippen LogP contribution in [0.3, 0.4) is 0 Å². The highest BCUT2D eigenvalue weighted by atomic mass is 32.2. The fourth-order valence-electron chi connectivity index (χ4n) is 2.59. The summed E-state index contributed by atoms with van der Waals surface area (Å²) in [6.45, 7) is 0. The van der Waals surface area contributed by atoms with Gasteiger partial charge in [-0.25, -0.2) is 0 Å². The fourth-order valence-corrected chi connectivity index (χ4v) is 4.00. The molecular formula is C18H15O3PS. The summed E-state index contributed by atoms with van der Waals surface area (Å²) in [5, 5.41) is 0.734. The van der Waals surface area contributed by atoms with Gasteiger partial charge in [-0.05, 0) is 28.1 Å². The van der Waals surface area contributed by atoms with Gasteiger partial charge in [0.15, 0.2) is 0 Å². The monoisotopic (exact) mass is 342 g/mol. The van der Waals surface area contributed by atoms with Crippen LogP contribution in [0.4, 0.5) is 0 Å². The zero-order chi connectivity index (χ0) is 16.4. The van der Waals surface area contributed by atoms with Crippen LogP contribution in [0.5, 0.6) is 0 Å². The van der Waals surface area contributed by atoms with Crippen LogP contribution >= 0.6 is 9.24 Å². The molecule has 0 aromatic heterocycles. The number of benzene rings is 3. The van der Waals surface area contributed by atoms with Crippen LogP contribution in [0.25, 0.3) is 22.3 Å². The van der Waals surface area contributed by atoms with Gasteiger partial charge in [0.2, 0.25) is 0 Å². The molecule has 0 saturated carbocycles. The molecule has 0 heterocycles. The third kappa shape index (κ3) is 3.20. The molecule has 0 fully saturated rings. The molecule has 3 aromatic carbocycles. The Bertz CT molecular complexity index is 937. The van der Waals surface area contributed by atoms with Crippen molar-refractivity contribution in [3.63, 3.8) is 0 Å². The molecule has 0 radical (unpaired) electrons. The first-order valence-corrected chi connectivity index (χ1v) is 9.01. The predicted molar refractivity (Wildman–Crippen MR) is 96.5 cm³/mol. The highest BCUT2D eigenvalue weighted by Gasteiger charge is 2.20. The lowest BCUT2D eigenvalue weighted by atomic mass is 9.98. The van der Waals surface area contributed by atoms with Gasteiger partial charge in [0, 0.05) is 5.56 Å². The summed E-state index contributed by atoms with van der Waals surface area (Å²) in [5.41, 5.74) is 3.13. The maximum atomic E-state index is 11.8. The maximum Gasteiger partial charge on any atom is 0.295 e. The minimum absolute atomic E-state index is 0.0895. The van der Waals surface area contributed by atoms with Crippen molar-refractivity contribution >= 4 is 24.7 Å². The van der Waals surface area contributed by atoms with E-state index in [2.05, 4.69) is 9.24 Å². The van der Waals surface area contributed by atoms with Crippen LogP contribution in [0.2, 0.25) is 0 Å². The van der Waals surface area contributed by atoms with Gasteiger partial charge in [-0.1, -0.05) is 66.7 Å². The van der Waals surface area contributed by atoms with E-state index in [-0.39, 0.29) is 4.90 Å². The summed E-state index contributed by atoms with van der Waals surface area (Å²) in [6, 6.07) is 22.1. The van der Waals surface area contributed by atoms with Crippen molar-refractivity contribution in [3.05, 3.63) is 72.8 Å². The highest BCUT2D eigenvalue weighted by molar-refractivity contribution is 7.86. The zero-order valence-corrected chi connectivity index (χ0v) is 14.1. The summed E-state index contributed by atoms with van der Waals surface area (Å²) in [6.07, 6.45) is 0.